The number of H-pyrrole nitrogens is 1. The number of benzene rings is 3. The van der Waals surface area contributed by atoms with Gasteiger partial charge in [0.05, 0.1) is 12.1 Å². The molecule has 3 aromatic carbocycles. The molecule has 0 radical (unpaired) electrons. The lowest BCUT2D eigenvalue weighted by Gasteiger charge is -2.07. The molecule has 31 heavy (non-hydrogen) atoms. The van der Waals surface area contributed by atoms with E-state index in [1.165, 1.54) is 11.1 Å². The van der Waals surface area contributed by atoms with Crippen molar-refractivity contribution in [3.63, 3.8) is 0 Å². The van der Waals surface area contributed by atoms with E-state index < -0.39 is 0 Å². The van der Waals surface area contributed by atoms with Gasteiger partial charge in [-0.3, -0.25) is 9.89 Å². The summed E-state index contributed by atoms with van der Waals surface area (Å²) in [6.45, 7) is 4.15. The minimum absolute atomic E-state index is 0.0912. The van der Waals surface area contributed by atoms with Gasteiger partial charge in [0.1, 0.15) is 5.75 Å². The van der Waals surface area contributed by atoms with E-state index in [1.54, 1.807) is 0 Å². The van der Waals surface area contributed by atoms with Gasteiger partial charge in [0.25, 0.3) is 0 Å². The van der Waals surface area contributed by atoms with E-state index in [0.29, 0.717) is 11.6 Å². The average Bonchev–Trinajstić information content (AvgIpc) is 3.16. The lowest BCUT2D eigenvalue weighted by atomic mass is 10.0. The van der Waals surface area contributed by atoms with Crippen molar-refractivity contribution in [2.75, 3.05) is 5.32 Å². The van der Waals surface area contributed by atoms with Crippen LogP contribution in [-0.4, -0.2) is 16.1 Å². The number of nitrogens with zero attached hydrogens (tertiary/aromatic N) is 1. The summed E-state index contributed by atoms with van der Waals surface area (Å²) in [5.41, 5.74) is 6.00. The fourth-order valence-corrected chi connectivity index (χ4v) is 3.80. The fraction of sp³-hybridized carbons (Fsp3) is 0.120. The largest absolute Gasteiger partial charge is 0.438 e. The van der Waals surface area contributed by atoms with E-state index in [4.69, 9.17) is 4.74 Å². The second kappa shape index (κ2) is 9.10. The van der Waals surface area contributed by atoms with Gasteiger partial charge in [0, 0.05) is 23.4 Å². The second-order valence-electron chi connectivity index (χ2n) is 7.44. The Morgan fingerprint density at radius 1 is 1.00 bits per heavy atom. The Bertz CT molecular complexity index is 1210. The van der Waals surface area contributed by atoms with E-state index in [0.717, 1.165) is 27.4 Å². The molecular weight excluding hydrogens is 406 g/mol. The number of anilines is 1. The first kappa shape index (κ1) is 20.8. The predicted octanol–water partition coefficient (Wildman–Crippen LogP) is 5.04. The molecule has 0 aliphatic carbocycles. The number of rotatable bonds is 6. The summed E-state index contributed by atoms with van der Waals surface area (Å²) in [5.74, 6) is 1.02. The van der Waals surface area contributed by atoms with Gasteiger partial charge in [0.2, 0.25) is 11.8 Å². The number of nitrogens with one attached hydrogen (secondary N) is 2. The normalized spacial score (nSPS) is 10.7. The molecule has 0 spiro atoms. The molecule has 1 aromatic heterocycles. The molecule has 5 nitrogen and oxygen atoms in total. The number of aromatic amines is 1. The van der Waals surface area contributed by atoms with Gasteiger partial charge < -0.3 is 10.1 Å². The lowest BCUT2D eigenvalue weighted by molar-refractivity contribution is -0.115. The van der Waals surface area contributed by atoms with Crippen molar-refractivity contribution in [3.05, 3.63) is 89.5 Å². The van der Waals surface area contributed by atoms with Crippen LogP contribution in [0.1, 0.15) is 16.7 Å². The molecule has 1 amide bonds. The monoisotopic (exact) mass is 430 g/mol. The molecule has 0 bridgehead atoms. The lowest BCUT2D eigenvalue weighted by Crippen LogP contribution is -2.14. The van der Waals surface area contributed by atoms with Crippen LogP contribution in [0.5, 0.6) is 11.6 Å². The highest BCUT2D eigenvalue weighted by molar-refractivity contribution is 7.58. The number of ether oxygens (including phenoxy) is 1. The number of aromatic nitrogens is 2. The van der Waals surface area contributed by atoms with E-state index in [1.807, 2.05) is 60.7 Å². The van der Waals surface area contributed by atoms with Crippen molar-refractivity contribution >= 4 is 24.2 Å². The molecule has 6 heteroatoms. The zero-order valence-corrected chi connectivity index (χ0v) is 18.4. The van der Waals surface area contributed by atoms with Gasteiger partial charge in [-0.15, -0.1) is 5.10 Å². The van der Waals surface area contributed by atoms with E-state index in [9.17, 15) is 4.79 Å². The van der Waals surface area contributed by atoms with Crippen molar-refractivity contribution < 1.29 is 9.53 Å². The van der Waals surface area contributed by atoms with Crippen molar-refractivity contribution in [3.8, 4) is 22.9 Å². The van der Waals surface area contributed by atoms with Crippen molar-refractivity contribution in [1.29, 1.82) is 0 Å². The highest BCUT2D eigenvalue weighted by Crippen LogP contribution is 2.29. The summed E-state index contributed by atoms with van der Waals surface area (Å²) in [6.07, 6.45) is 0.247. The summed E-state index contributed by atoms with van der Waals surface area (Å²) in [6, 6.07) is 23.1. The van der Waals surface area contributed by atoms with Gasteiger partial charge in [-0.2, -0.15) is 0 Å². The first-order valence-electron chi connectivity index (χ1n) is 9.98. The Morgan fingerprint density at radius 2 is 1.74 bits per heavy atom. The molecule has 1 heterocycles. The fourth-order valence-electron chi connectivity index (χ4n) is 3.55. The van der Waals surface area contributed by atoms with Crippen LogP contribution in [0, 0.1) is 13.8 Å². The Morgan fingerprint density at radius 3 is 2.52 bits per heavy atom. The number of carbonyl (C=O) groups excluding carboxylic acids is 1. The van der Waals surface area contributed by atoms with E-state index in [-0.39, 0.29) is 12.3 Å². The average molecular weight is 431 g/mol. The number of hydrogen-bond donors (Lipinski definition) is 2. The van der Waals surface area contributed by atoms with Gasteiger partial charge >= 0.3 is 0 Å². The van der Waals surface area contributed by atoms with Crippen LogP contribution in [0.2, 0.25) is 0 Å². The molecule has 0 atom stereocenters. The molecule has 0 aliphatic heterocycles. The third-order valence-corrected chi connectivity index (χ3v) is 5.25. The summed E-state index contributed by atoms with van der Waals surface area (Å²) < 4.78 is 5.94. The zero-order chi connectivity index (χ0) is 21.8. The maximum Gasteiger partial charge on any atom is 0.238 e. The van der Waals surface area contributed by atoms with Crippen molar-refractivity contribution in [2.45, 2.75) is 25.2 Å². The summed E-state index contributed by atoms with van der Waals surface area (Å²) in [4.78, 5) is 13.3. The highest BCUT2D eigenvalue weighted by Gasteiger charge is 2.11. The quantitative estimate of drug-likeness (QED) is 0.421. The molecule has 0 saturated carbocycles. The van der Waals surface area contributed by atoms with Crippen LogP contribution < -0.4 is 10.1 Å². The summed E-state index contributed by atoms with van der Waals surface area (Å²) >= 11 is 3.46. The Labute approximate surface area is 186 Å². The van der Waals surface area contributed by atoms with Crippen LogP contribution in [0.15, 0.2) is 77.7 Å². The summed E-state index contributed by atoms with van der Waals surface area (Å²) in [7, 11) is 0. The molecule has 2 N–H and O–H groups in total. The minimum atomic E-state index is -0.0912. The molecule has 0 fully saturated rings. The number of hydrogen-bond acceptors (Lipinski definition) is 3. The second-order valence-corrected chi connectivity index (χ2v) is 8.02. The Balaban J connectivity index is 1.44. The smallest absolute Gasteiger partial charge is 0.238 e. The molecule has 4 rings (SSSR count). The first-order chi connectivity index (χ1) is 15.0. The van der Waals surface area contributed by atoms with Gasteiger partial charge in [-0.05, 0) is 67.4 Å². The van der Waals surface area contributed by atoms with Crippen LogP contribution in [-0.2, 0) is 23.8 Å². The SMILES string of the molecule is Cc1cccc(C)c1-c1cc(Oc2cccc(CC(=O)Nc3cccc([SH2+])c3)c2)n[nH]1. The molecular formula is C25H24N3O2S+. The molecule has 0 unspecified atom stereocenters. The van der Waals surface area contributed by atoms with Crippen LogP contribution >= 0.6 is 0 Å². The number of amides is 1. The number of carbonyl (C=O) groups is 1. The first-order valence-corrected chi connectivity index (χ1v) is 10.5. The van der Waals surface area contributed by atoms with Gasteiger partial charge in [-0.25, -0.2) is 0 Å². The van der Waals surface area contributed by atoms with E-state index >= 15 is 0 Å². The number of aryl methyl sites for hydroxylation is 2. The third kappa shape index (κ3) is 5.16. The third-order valence-electron chi connectivity index (χ3n) is 4.94. The highest BCUT2D eigenvalue weighted by atomic mass is 32.1. The maximum atomic E-state index is 12.4. The Kier molecular flexibility index (Phi) is 6.09. The summed E-state index contributed by atoms with van der Waals surface area (Å²) in [5, 5.41) is 10.3. The van der Waals surface area contributed by atoms with E-state index in [2.05, 4.69) is 54.1 Å². The topological polar surface area (TPSA) is 67.0 Å². The van der Waals surface area contributed by atoms with Crippen LogP contribution in [0.3, 0.4) is 0 Å². The van der Waals surface area contributed by atoms with Crippen LogP contribution in [0.25, 0.3) is 11.3 Å². The molecule has 0 saturated heterocycles. The molecule has 0 aliphatic rings. The van der Waals surface area contributed by atoms with Gasteiger partial charge in [-0.1, -0.05) is 36.4 Å². The standard InChI is InChI=1S/C25H23N3O2S/c1-16-6-3-7-17(2)25(16)22-15-24(28-27-22)30-20-10-4-8-18(12-20)13-23(29)26-19-9-5-11-21(31)14-19/h3-12,14-15,31H,13H2,1-2H3,(H,26,29)(H,27,28)/p+1. The van der Waals surface area contributed by atoms with Crippen molar-refractivity contribution in [1.82, 2.24) is 10.2 Å². The van der Waals surface area contributed by atoms with Crippen LogP contribution in [0.4, 0.5) is 5.69 Å². The molecule has 4 aromatic rings. The predicted molar refractivity (Wildman–Crippen MR) is 127 cm³/mol. The van der Waals surface area contributed by atoms with Gasteiger partial charge in [0.15, 0.2) is 4.90 Å². The zero-order valence-electron chi connectivity index (χ0n) is 17.4. The van der Waals surface area contributed by atoms with Crippen molar-refractivity contribution in [2.24, 2.45) is 0 Å². The Hall–Kier alpha value is -3.51. The molecule has 156 valence electrons. The maximum absolute atomic E-state index is 12.4. The minimum Gasteiger partial charge on any atom is -0.438 e.